The number of carbonyl (C=O) groups excluding carboxylic acids is 2. The minimum Gasteiger partial charge on any atom is -0.444 e. The first kappa shape index (κ1) is 18.7. The van der Waals surface area contributed by atoms with Crippen molar-refractivity contribution in [2.75, 3.05) is 0 Å². The van der Waals surface area contributed by atoms with E-state index in [1.807, 2.05) is 60.7 Å². The van der Waals surface area contributed by atoms with Crippen LogP contribution in [0.2, 0.25) is 0 Å². The second-order valence-corrected chi connectivity index (χ2v) is 7.03. The maximum atomic E-state index is 12.4. The highest BCUT2D eigenvalue weighted by Crippen LogP contribution is 2.29. The van der Waals surface area contributed by atoms with Crippen molar-refractivity contribution < 1.29 is 14.3 Å². The molecule has 1 amide bonds. The van der Waals surface area contributed by atoms with Crippen LogP contribution >= 0.6 is 0 Å². The largest absolute Gasteiger partial charge is 0.444 e. The van der Waals surface area contributed by atoms with Crippen LogP contribution in [0, 0.1) is 0 Å². The molecule has 0 saturated heterocycles. The van der Waals surface area contributed by atoms with E-state index in [4.69, 9.17) is 4.74 Å². The molecule has 132 valence electrons. The fraction of sp³-hybridized carbons (Fsp3) is 0.333. The molecule has 0 aliphatic rings. The van der Waals surface area contributed by atoms with Gasteiger partial charge in [0.25, 0.3) is 0 Å². The standard InChI is InChI=1S/C21H25NO3/c1-15(23)19(22-20(24)25-21(2,3)4)18(16-11-7-5-8-12-16)17-13-9-6-10-14-17/h5-14,18-19H,1-4H3,(H,22,24). The van der Waals surface area contributed by atoms with E-state index >= 15 is 0 Å². The fourth-order valence-corrected chi connectivity index (χ4v) is 2.75. The maximum absolute atomic E-state index is 12.4. The predicted octanol–water partition coefficient (Wildman–Crippen LogP) is 4.30. The van der Waals surface area contributed by atoms with Gasteiger partial charge in [-0.1, -0.05) is 60.7 Å². The molecule has 4 heteroatoms. The van der Waals surface area contributed by atoms with Crippen LogP contribution in [0.5, 0.6) is 0 Å². The molecule has 2 aromatic rings. The van der Waals surface area contributed by atoms with Gasteiger partial charge in [0, 0.05) is 5.92 Å². The normalized spacial score (nSPS) is 12.5. The maximum Gasteiger partial charge on any atom is 0.408 e. The fourth-order valence-electron chi connectivity index (χ4n) is 2.75. The molecule has 0 aliphatic carbocycles. The van der Waals surface area contributed by atoms with Crippen molar-refractivity contribution in [3.63, 3.8) is 0 Å². The van der Waals surface area contributed by atoms with Crippen LogP contribution in [0.3, 0.4) is 0 Å². The van der Waals surface area contributed by atoms with Crippen LogP contribution < -0.4 is 5.32 Å². The summed E-state index contributed by atoms with van der Waals surface area (Å²) in [7, 11) is 0. The van der Waals surface area contributed by atoms with Crippen LogP contribution in [-0.4, -0.2) is 23.5 Å². The highest BCUT2D eigenvalue weighted by Gasteiger charge is 2.31. The van der Waals surface area contributed by atoms with E-state index in [9.17, 15) is 9.59 Å². The van der Waals surface area contributed by atoms with Crippen molar-refractivity contribution in [1.29, 1.82) is 0 Å². The summed E-state index contributed by atoms with van der Waals surface area (Å²) in [5, 5.41) is 2.76. The van der Waals surface area contributed by atoms with Crippen molar-refractivity contribution in [2.45, 2.75) is 45.3 Å². The third-order valence-corrected chi connectivity index (χ3v) is 3.76. The Balaban J connectivity index is 2.38. The van der Waals surface area contributed by atoms with Crippen LogP contribution in [0.25, 0.3) is 0 Å². The van der Waals surface area contributed by atoms with E-state index in [0.29, 0.717) is 0 Å². The van der Waals surface area contributed by atoms with Crippen LogP contribution in [0.1, 0.15) is 44.7 Å². The Morgan fingerprint density at radius 2 is 1.32 bits per heavy atom. The van der Waals surface area contributed by atoms with Gasteiger partial charge in [-0.25, -0.2) is 4.79 Å². The van der Waals surface area contributed by atoms with Gasteiger partial charge >= 0.3 is 6.09 Å². The van der Waals surface area contributed by atoms with Crippen molar-refractivity contribution >= 4 is 11.9 Å². The first-order chi connectivity index (χ1) is 11.8. The molecular formula is C21H25NO3. The number of ketones is 1. The van der Waals surface area contributed by atoms with E-state index in [1.165, 1.54) is 6.92 Å². The van der Waals surface area contributed by atoms with Crippen molar-refractivity contribution in [2.24, 2.45) is 0 Å². The Hall–Kier alpha value is -2.62. The number of hydrogen-bond donors (Lipinski definition) is 1. The Bertz CT molecular complexity index is 665. The molecule has 0 aliphatic heterocycles. The summed E-state index contributed by atoms with van der Waals surface area (Å²) in [4.78, 5) is 24.6. The lowest BCUT2D eigenvalue weighted by Crippen LogP contribution is -2.46. The Kier molecular flexibility index (Phi) is 5.97. The lowest BCUT2D eigenvalue weighted by molar-refractivity contribution is -0.119. The zero-order valence-corrected chi connectivity index (χ0v) is 15.2. The second-order valence-electron chi connectivity index (χ2n) is 7.03. The zero-order valence-electron chi connectivity index (χ0n) is 15.2. The van der Waals surface area contributed by atoms with Crippen LogP contribution in [-0.2, 0) is 9.53 Å². The molecule has 4 nitrogen and oxygen atoms in total. The third-order valence-electron chi connectivity index (χ3n) is 3.76. The van der Waals surface area contributed by atoms with Gasteiger partial charge in [0.05, 0.1) is 0 Å². The molecule has 2 aromatic carbocycles. The van der Waals surface area contributed by atoms with E-state index in [-0.39, 0.29) is 11.7 Å². The molecule has 25 heavy (non-hydrogen) atoms. The zero-order chi connectivity index (χ0) is 18.4. The lowest BCUT2D eigenvalue weighted by atomic mass is 9.83. The van der Waals surface area contributed by atoms with Gasteiger partial charge in [0.15, 0.2) is 5.78 Å². The van der Waals surface area contributed by atoms with Gasteiger partial charge in [-0.05, 0) is 38.8 Å². The first-order valence-corrected chi connectivity index (χ1v) is 8.38. The molecule has 0 radical (unpaired) electrons. The lowest BCUT2D eigenvalue weighted by Gasteiger charge is -2.28. The number of rotatable bonds is 5. The van der Waals surface area contributed by atoms with Gasteiger partial charge in [0.1, 0.15) is 11.6 Å². The smallest absolute Gasteiger partial charge is 0.408 e. The number of nitrogens with one attached hydrogen (secondary N) is 1. The Labute approximate surface area is 149 Å². The van der Waals surface area contributed by atoms with Crippen LogP contribution in [0.4, 0.5) is 4.79 Å². The molecule has 2 rings (SSSR count). The van der Waals surface area contributed by atoms with Crippen molar-refractivity contribution in [3.05, 3.63) is 71.8 Å². The summed E-state index contributed by atoms with van der Waals surface area (Å²) < 4.78 is 5.34. The number of hydrogen-bond acceptors (Lipinski definition) is 3. The summed E-state index contributed by atoms with van der Waals surface area (Å²) in [6, 6.07) is 18.7. The average Bonchev–Trinajstić information content (AvgIpc) is 2.54. The Morgan fingerprint density at radius 3 is 1.68 bits per heavy atom. The van der Waals surface area contributed by atoms with Gasteiger partial charge in [-0.2, -0.15) is 0 Å². The molecular weight excluding hydrogens is 314 g/mol. The number of benzene rings is 2. The summed E-state index contributed by atoms with van der Waals surface area (Å²) in [6.07, 6.45) is -0.593. The summed E-state index contributed by atoms with van der Waals surface area (Å²) >= 11 is 0. The molecule has 0 bridgehead atoms. The number of ether oxygens (including phenoxy) is 1. The molecule has 0 saturated carbocycles. The molecule has 1 atom stereocenters. The van der Waals surface area contributed by atoms with E-state index in [0.717, 1.165) is 11.1 Å². The van der Waals surface area contributed by atoms with Crippen molar-refractivity contribution in [3.8, 4) is 0 Å². The highest BCUT2D eigenvalue weighted by atomic mass is 16.6. The molecule has 1 unspecified atom stereocenters. The SMILES string of the molecule is CC(=O)C(NC(=O)OC(C)(C)C)C(c1ccccc1)c1ccccc1. The summed E-state index contributed by atoms with van der Waals surface area (Å²) in [5.41, 5.74) is 1.30. The molecule has 0 fully saturated rings. The third kappa shape index (κ3) is 5.45. The summed E-state index contributed by atoms with van der Waals surface area (Å²) in [6.45, 7) is 6.87. The predicted molar refractivity (Wildman–Crippen MR) is 98.6 cm³/mol. The van der Waals surface area contributed by atoms with Gasteiger partial charge in [-0.3, -0.25) is 4.79 Å². The number of alkyl carbamates (subject to hydrolysis) is 1. The molecule has 1 N–H and O–H groups in total. The Morgan fingerprint density at radius 1 is 0.880 bits per heavy atom. The monoisotopic (exact) mass is 339 g/mol. The van der Waals surface area contributed by atoms with E-state index in [2.05, 4.69) is 5.32 Å². The summed E-state index contributed by atoms with van der Waals surface area (Å²) in [5.74, 6) is -0.406. The van der Waals surface area contributed by atoms with E-state index < -0.39 is 17.7 Å². The van der Waals surface area contributed by atoms with Gasteiger partial charge < -0.3 is 10.1 Å². The second kappa shape index (κ2) is 7.97. The van der Waals surface area contributed by atoms with Gasteiger partial charge in [-0.15, -0.1) is 0 Å². The molecule has 0 aromatic heterocycles. The molecule has 0 spiro atoms. The number of amides is 1. The number of carbonyl (C=O) groups is 2. The van der Waals surface area contributed by atoms with Crippen molar-refractivity contribution in [1.82, 2.24) is 5.32 Å². The van der Waals surface area contributed by atoms with Gasteiger partial charge in [0.2, 0.25) is 0 Å². The topological polar surface area (TPSA) is 55.4 Å². The quantitative estimate of drug-likeness (QED) is 0.883. The minimum absolute atomic E-state index is 0.122. The molecule has 0 heterocycles. The number of Topliss-reactive ketones (excluding diaryl/α,β-unsaturated/α-hetero) is 1. The minimum atomic E-state index is -0.709. The first-order valence-electron chi connectivity index (χ1n) is 8.38. The van der Waals surface area contributed by atoms with E-state index in [1.54, 1.807) is 20.8 Å². The highest BCUT2D eigenvalue weighted by molar-refractivity contribution is 5.87. The van der Waals surface area contributed by atoms with Crippen LogP contribution in [0.15, 0.2) is 60.7 Å². The average molecular weight is 339 g/mol.